The lowest BCUT2D eigenvalue weighted by Gasteiger charge is -2.20. The SMILES string of the molecule is CCN(CC)c1ccc2cc(-c3nc4ccc(O)cc4o3)c(=O)oc2c1. The molecule has 0 spiro atoms. The van der Waals surface area contributed by atoms with Gasteiger partial charge in [-0.15, -0.1) is 0 Å². The number of benzene rings is 2. The van der Waals surface area contributed by atoms with Crippen LogP contribution in [0.1, 0.15) is 13.8 Å². The molecular weight excluding hydrogens is 332 g/mol. The van der Waals surface area contributed by atoms with E-state index in [0.29, 0.717) is 16.7 Å². The van der Waals surface area contributed by atoms with Crippen molar-refractivity contribution in [3.8, 4) is 17.2 Å². The van der Waals surface area contributed by atoms with Gasteiger partial charge in [0.1, 0.15) is 22.4 Å². The van der Waals surface area contributed by atoms with Crippen molar-refractivity contribution in [1.29, 1.82) is 0 Å². The fourth-order valence-corrected chi connectivity index (χ4v) is 3.06. The van der Waals surface area contributed by atoms with Crippen molar-refractivity contribution < 1.29 is 13.9 Å². The molecule has 0 aliphatic rings. The predicted octanol–water partition coefficient (Wildman–Crippen LogP) is 4.15. The van der Waals surface area contributed by atoms with Crippen LogP contribution < -0.4 is 10.5 Å². The molecule has 0 amide bonds. The zero-order chi connectivity index (χ0) is 18.3. The second kappa shape index (κ2) is 6.22. The Morgan fingerprint density at radius 3 is 2.58 bits per heavy atom. The monoisotopic (exact) mass is 350 g/mol. The minimum Gasteiger partial charge on any atom is -0.508 e. The van der Waals surface area contributed by atoms with E-state index in [1.807, 2.05) is 18.2 Å². The van der Waals surface area contributed by atoms with Crippen LogP contribution in [0.4, 0.5) is 5.69 Å². The molecular formula is C20H18N2O4. The minimum absolute atomic E-state index is 0.0784. The van der Waals surface area contributed by atoms with Crippen molar-refractivity contribution >= 4 is 27.8 Å². The van der Waals surface area contributed by atoms with Gasteiger partial charge in [0.2, 0.25) is 5.89 Å². The molecule has 26 heavy (non-hydrogen) atoms. The number of phenolic OH excluding ortho intramolecular Hbond substituents is 1. The van der Waals surface area contributed by atoms with Crippen LogP contribution in [0.15, 0.2) is 56.1 Å². The Labute approximate surface area is 149 Å². The highest BCUT2D eigenvalue weighted by Crippen LogP contribution is 2.28. The van der Waals surface area contributed by atoms with Gasteiger partial charge >= 0.3 is 5.63 Å². The number of hydrogen-bond donors (Lipinski definition) is 1. The Balaban J connectivity index is 1.84. The fraction of sp³-hybridized carbons (Fsp3) is 0.200. The lowest BCUT2D eigenvalue weighted by molar-refractivity contribution is 0.474. The second-order valence-corrected chi connectivity index (χ2v) is 6.01. The van der Waals surface area contributed by atoms with Crippen molar-refractivity contribution in [1.82, 2.24) is 4.98 Å². The molecule has 6 heteroatoms. The number of anilines is 1. The summed E-state index contributed by atoms with van der Waals surface area (Å²) in [6.07, 6.45) is 0. The third kappa shape index (κ3) is 2.69. The maximum Gasteiger partial charge on any atom is 0.349 e. The maximum atomic E-state index is 12.5. The van der Waals surface area contributed by atoms with E-state index in [0.717, 1.165) is 24.2 Å². The molecule has 0 saturated carbocycles. The molecule has 132 valence electrons. The van der Waals surface area contributed by atoms with Gasteiger partial charge in [0, 0.05) is 36.3 Å². The number of fused-ring (bicyclic) bond motifs is 2. The number of rotatable bonds is 4. The van der Waals surface area contributed by atoms with Crippen LogP contribution in [0.2, 0.25) is 0 Å². The van der Waals surface area contributed by atoms with Gasteiger partial charge in [-0.25, -0.2) is 9.78 Å². The van der Waals surface area contributed by atoms with E-state index in [4.69, 9.17) is 8.83 Å². The summed E-state index contributed by atoms with van der Waals surface area (Å²) in [6.45, 7) is 5.91. The summed E-state index contributed by atoms with van der Waals surface area (Å²) in [6, 6.07) is 12.1. The van der Waals surface area contributed by atoms with E-state index in [-0.39, 0.29) is 17.2 Å². The highest BCUT2D eigenvalue weighted by atomic mass is 16.4. The minimum atomic E-state index is -0.509. The van der Waals surface area contributed by atoms with Crippen molar-refractivity contribution in [2.45, 2.75) is 13.8 Å². The van der Waals surface area contributed by atoms with Crippen molar-refractivity contribution in [3.05, 3.63) is 52.9 Å². The molecule has 4 aromatic rings. The number of oxazole rings is 1. The molecule has 2 aromatic carbocycles. The average molecular weight is 350 g/mol. The summed E-state index contributed by atoms with van der Waals surface area (Å²) in [4.78, 5) is 19.0. The van der Waals surface area contributed by atoms with E-state index < -0.39 is 5.63 Å². The summed E-state index contributed by atoms with van der Waals surface area (Å²) >= 11 is 0. The van der Waals surface area contributed by atoms with E-state index in [9.17, 15) is 9.90 Å². The highest BCUT2D eigenvalue weighted by Gasteiger charge is 2.15. The van der Waals surface area contributed by atoms with Crippen molar-refractivity contribution in [2.75, 3.05) is 18.0 Å². The van der Waals surface area contributed by atoms with Crippen LogP contribution in [-0.4, -0.2) is 23.2 Å². The molecule has 0 unspecified atom stereocenters. The summed E-state index contributed by atoms with van der Waals surface area (Å²) in [5.74, 6) is 0.253. The fourth-order valence-electron chi connectivity index (χ4n) is 3.06. The van der Waals surface area contributed by atoms with Crippen LogP contribution in [-0.2, 0) is 0 Å². The first kappa shape index (κ1) is 16.2. The topological polar surface area (TPSA) is 79.7 Å². The molecule has 2 aromatic heterocycles. The van der Waals surface area contributed by atoms with Crippen molar-refractivity contribution in [2.24, 2.45) is 0 Å². The summed E-state index contributed by atoms with van der Waals surface area (Å²) in [5.41, 5.74) is 2.26. The standard InChI is InChI=1S/C20H18N2O4/c1-3-22(4-2)13-6-5-12-9-15(20(24)26-17(12)10-13)19-21-16-8-7-14(23)11-18(16)25-19/h5-11,23H,3-4H2,1-2H3. The summed E-state index contributed by atoms with van der Waals surface area (Å²) in [7, 11) is 0. The maximum absolute atomic E-state index is 12.5. The summed E-state index contributed by atoms with van der Waals surface area (Å²) < 4.78 is 11.1. The lowest BCUT2D eigenvalue weighted by atomic mass is 10.1. The van der Waals surface area contributed by atoms with Gasteiger partial charge in [-0.05, 0) is 44.2 Å². The van der Waals surface area contributed by atoms with Crippen LogP contribution in [0, 0.1) is 0 Å². The molecule has 0 fully saturated rings. The van der Waals surface area contributed by atoms with Crippen molar-refractivity contribution in [3.63, 3.8) is 0 Å². The molecule has 1 N–H and O–H groups in total. The number of aromatic hydroxyl groups is 1. The lowest BCUT2D eigenvalue weighted by Crippen LogP contribution is -2.21. The van der Waals surface area contributed by atoms with E-state index >= 15 is 0 Å². The Morgan fingerprint density at radius 1 is 1.00 bits per heavy atom. The Bertz CT molecular complexity index is 1160. The quantitative estimate of drug-likeness (QED) is 0.557. The molecule has 0 saturated heterocycles. The van der Waals surface area contributed by atoms with Crippen LogP contribution >= 0.6 is 0 Å². The third-order valence-corrected chi connectivity index (χ3v) is 4.45. The first-order valence-corrected chi connectivity index (χ1v) is 8.52. The zero-order valence-corrected chi connectivity index (χ0v) is 14.5. The average Bonchev–Trinajstić information content (AvgIpc) is 3.05. The molecule has 0 bridgehead atoms. The highest BCUT2D eigenvalue weighted by molar-refractivity contribution is 5.84. The van der Waals surface area contributed by atoms with Crippen LogP contribution in [0.25, 0.3) is 33.5 Å². The Kier molecular flexibility index (Phi) is 3.88. The van der Waals surface area contributed by atoms with Gasteiger partial charge in [-0.1, -0.05) is 0 Å². The molecule has 2 heterocycles. The Morgan fingerprint density at radius 2 is 1.81 bits per heavy atom. The Hall–Kier alpha value is -3.28. The number of phenols is 1. The van der Waals surface area contributed by atoms with E-state index in [1.54, 1.807) is 12.1 Å². The second-order valence-electron chi connectivity index (χ2n) is 6.01. The third-order valence-electron chi connectivity index (χ3n) is 4.45. The van der Waals surface area contributed by atoms with Crippen LogP contribution in [0.5, 0.6) is 5.75 Å². The number of nitrogens with zero attached hydrogens (tertiary/aromatic N) is 2. The molecule has 0 atom stereocenters. The number of aromatic nitrogens is 1. The smallest absolute Gasteiger partial charge is 0.349 e. The zero-order valence-electron chi connectivity index (χ0n) is 14.5. The first-order chi connectivity index (χ1) is 12.6. The van der Waals surface area contributed by atoms with Gasteiger partial charge in [0.15, 0.2) is 5.58 Å². The molecule has 0 aliphatic heterocycles. The molecule has 4 rings (SSSR count). The largest absolute Gasteiger partial charge is 0.508 e. The van der Waals surface area contributed by atoms with Gasteiger partial charge in [-0.3, -0.25) is 0 Å². The van der Waals surface area contributed by atoms with Gasteiger partial charge in [0.25, 0.3) is 0 Å². The van der Waals surface area contributed by atoms with E-state index in [2.05, 4.69) is 23.7 Å². The van der Waals surface area contributed by atoms with Gasteiger partial charge in [-0.2, -0.15) is 0 Å². The normalized spacial score (nSPS) is 11.3. The molecule has 6 nitrogen and oxygen atoms in total. The van der Waals surface area contributed by atoms with Crippen LogP contribution in [0.3, 0.4) is 0 Å². The molecule has 0 radical (unpaired) electrons. The van der Waals surface area contributed by atoms with E-state index in [1.165, 1.54) is 12.1 Å². The predicted molar refractivity (Wildman–Crippen MR) is 101 cm³/mol. The number of hydrogen-bond acceptors (Lipinski definition) is 6. The van der Waals surface area contributed by atoms with Gasteiger partial charge in [0.05, 0.1) is 0 Å². The summed E-state index contributed by atoms with van der Waals surface area (Å²) in [5, 5.41) is 10.3. The van der Waals surface area contributed by atoms with Gasteiger partial charge < -0.3 is 18.8 Å². The first-order valence-electron chi connectivity index (χ1n) is 8.52. The molecule has 0 aliphatic carbocycles.